The number of rotatable bonds is 3. The van der Waals surface area contributed by atoms with Crippen LogP contribution in [0.3, 0.4) is 0 Å². The first kappa shape index (κ1) is 16.0. The van der Waals surface area contributed by atoms with Crippen LogP contribution in [0.1, 0.15) is 16.1 Å². The van der Waals surface area contributed by atoms with Gasteiger partial charge in [0.2, 0.25) is 0 Å². The smallest absolute Gasteiger partial charge is 0.462 e. The molecule has 0 unspecified atom stereocenters. The number of allylic oxidation sites excluding steroid dienone is 1. The van der Waals surface area contributed by atoms with E-state index in [9.17, 15) is 4.79 Å². The van der Waals surface area contributed by atoms with Crippen LogP contribution in [0.2, 0.25) is 0 Å². The minimum absolute atomic E-state index is 0. The number of carbonyl (C=O) groups is 1. The fourth-order valence-electron chi connectivity index (χ4n) is 1.49. The quantitative estimate of drug-likeness (QED) is 0.312. The molecule has 0 aliphatic carbocycles. The molecule has 3 rings (SSSR count). The van der Waals surface area contributed by atoms with Crippen LogP contribution in [0.15, 0.2) is 83.5 Å². The molecule has 0 aliphatic rings. The fourth-order valence-corrected chi connectivity index (χ4v) is 1.49. The van der Waals surface area contributed by atoms with Gasteiger partial charge in [0.1, 0.15) is 0 Å². The second-order valence-corrected chi connectivity index (χ2v) is 3.86. The average molecular weight is 306 g/mol. The molecule has 2 nitrogen and oxygen atoms in total. The number of hydrogen-bond acceptors (Lipinski definition) is 2. The molecule has 3 heteroatoms. The van der Waals surface area contributed by atoms with Crippen LogP contribution < -0.4 is 0 Å². The Bertz CT molecular complexity index is 570. The van der Waals surface area contributed by atoms with Gasteiger partial charge in [0, 0.05) is 0 Å². The Morgan fingerprint density at radius 3 is 2.30 bits per heavy atom. The molecule has 1 heterocycles. The van der Waals surface area contributed by atoms with Gasteiger partial charge >= 0.3 is 17.1 Å². The van der Waals surface area contributed by atoms with E-state index in [1.807, 2.05) is 54.6 Å². The maximum absolute atomic E-state index is 11.4. The van der Waals surface area contributed by atoms with Gasteiger partial charge in [-0.05, 0) is 12.1 Å². The number of ketones is 1. The third-order valence-electron chi connectivity index (χ3n) is 2.44. The van der Waals surface area contributed by atoms with Gasteiger partial charge in [-0.1, -0.05) is 6.08 Å². The van der Waals surface area contributed by atoms with Crippen LogP contribution in [0.5, 0.6) is 0 Å². The van der Waals surface area contributed by atoms with Gasteiger partial charge in [0.15, 0.2) is 11.5 Å². The van der Waals surface area contributed by atoms with Crippen molar-refractivity contribution in [2.75, 3.05) is 0 Å². The van der Waals surface area contributed by atoms with E-state index < -0.39 is 0 Å². The van der Waals surface area contributed by atoms with Crippen LogP contribution in [-0.2, 0) is 17.1 Å². The predicted molar refractivity (Wildman–Crippen MR) is 76.1 cm³/mol. The fraction of sp³-hybridized carbons (Fsp3) is 0. The summed E-state index contributed by atoms with van der Waals surface area (Å²) in [5, 5.41) is 0. The monoisotopic (exact) mass is 306 g/mol. The molecular formula is C17H14FeO2. The van der Waals surface area contributed by atoms with Crippen molar-refractivity contribution in [3.8, 4) is 0 Å². The Kier molecular flexibility index (Phi) is 7.12. The summed E-state index contributed by atoms with van der Waals surface area (Å²) >= 11 is 0. The largest absolute Gasteiger partial charge is 2.00 e. The standard InChI is InChI=1S/C12H9O2.C5H5.Fe/c13-11(12-6-3-9-14-12)8-7-10-4-1-2-5-10;1-2-4-5-3-1;/h1-9H;1-5H;/q2*-1;+2. The van der Waals surface area contributed by atoms with Gasteiger partial charge in [0.25, 0.3) is 0 Å². The van der Waals surface area contributed by atoms with Crippen LogP contribution in [0.4, 0.5) is 0 Å². The minimum Gasteiger partial charge on any atom is -0.462 e. The van der Waals surface area contributed by atoms with E-state index in [1.165, 1.54) is 12.3 Å². The molecule has 0 saturated carbocycles. The van der Waals surface area contributed by atoms with Gasteiger partial charge < -0.3 is 4.42 Å². The zero-order valence-corrected chi connectivity index (χ0v) is 11.9. The van der Waals surface area contributed by atoms with Crippen LogP contribution in [0, 0.1) is 0 Å². The molecule has 0 N–H and O–H groups in total. The average Bonchev–Trinajstić information content (AvgIpc) is 3.21. The molecule has 0 spiro atoms. The van der Waals surface area contributed by atoms with E-state index >= 15 is 0 Å². The van der Waals surface area contributed by atoms with Gasteiger partial charge in [-0.15, -0.1) is 23.8 Å². The number of hydrogen-bond donors (Lipinski definition) is 0. The molecule has 1 aromatic heterocycles. The van der Waals surface area contributed by atoms with Crippen molar-refractivity contribution in [2.24, 2.45) is 0 Å². The van der Waals surface area contributed by atoms with Crippen LogP contribution >= 0.6 is 0 Å². The van der Waals surface area contributed by atoms with E-state index in [4.69, 9.17) is 4.42 Å². The summed E-state index contributed by atoms with van der Waals surface area (Å²) in [4.78, 5) is 11.4. The molecule has 0 amide bonds. The van der Waals surface area contributed by atoms with Crippen molar-refractivity contribution in [3.05, 3.63) is 90.4 Å². The predicted octanol–water partition coefficient (Wildman–Crippen LogP) is 4.30. The third kappa shape index (κ3) is 5.27. The maximum atomic E-state index is 11.4. The normalized spacial score (nSPS) is 9.60. The molecule has 3 aromatic rings. The second kappa shape index (κ2) is 8.92. The van der Waals surface area contributed by atoms with Gasteiger partial charge in [-0.3, -0.25) is 4.79 Å². The van der Waals surface area contributed by atoms with Gasteiger partial charge in [-0.25, -0.2) is 12.1 Å². The Balaban J connectivity index is 0.000000283. The molecular weight excluding hydrogens is 292 g/mol. The topological polar surface area (TPSA) is 30.2 Å². The van der Waals surface area contributed by atoms with E-state index in [2.05, 4.69) is 0 Å². The van der Waals surface area contributed by atoms with Crippen molar-refractivity contribution in [2.45, 2.75) is 0 Å². The van der Waals surface area contributed by atoms with Gasteiger partial charge in [-0.2, -0.15) is 30.3 Å². The SMILES string of the molecule is O=C(C=C[c-]1cccc1)c1ccco1.[Fe+2].c1cc[cH-]c1. The van der Waals surface area contributed by atoms with Crippen molar-refractivity contribution in [1.29, 1.82) is 0 Å². The Hall–Kier alpha value is -2.09. The van der Waals surface area contributed by atoms with Crippen molar-refractivity contribution in [3.63, 3.8) is 0 Å². The van der Waals surface area contributed by atoms with Crippen LogP contribution in [-0.4, -0.2) is 5.78 Å². The second-order valence-electron chi connectivity index (χ2n) is 3.86. The van der Waals surface area contributed by atoms with Crippen molar-refractivity contribution < 1.29 is 26.3 Å². The molecule has 20 heavy (non-hydrogen) atoms. The van der Waals surface area contributed by atoms with E-state index in [-0.39, 0.29) is 22.9 Å². The summed E-state index contributed by atoms with van der Waals surface area (Å²) in [5.41, 5.74) is 1.02. The van der Waals surface area contributed by atoms with E-state index in [0.717, 1.165) is 5.56 Å². The number of furan rings is 1. The third-order valence-corrected chi connectivity index (χ3v) is 2.44. The molecule has 0 aliphatic heterocycles. The summed E-state index contributed by atoms with van der Waals surface area (Å²) in [6.45, 7) is 0. The van der Waals surface area contributed by atoms with Gasteiger partial charge in [0.05, 0.1) is 6.26 Å². The Labute approximate surface area is 128 Å². The molecule has 0 bridgehead atoms. The summed E-state index contributed by atoms with van der Waals surface area (Å²) in [5.74, 6) is 0.254. The summed E-state index contributed by atoms with van der Waals surface area (Å²) in [7, 11) is 0. The van der Waals surface area contributed by atoms with Crippen LogP contribution in [0.25, 0.3) is 6.08 Å². The minimum atomic E-state index is -0.115. The van der Waals surface area contributed by atoms with E-state index in [0.29, 0.717) is 5.76 Å². The summed E-state index contributed by atoms with van der Waals surface area (Å²) in [6.07, 6.45) is 4.77. The molecule has 0 atom stereocenters. The Morgan fingerprint density at radius 2 is 1.80 bits per heavy atom. The maximum Gasteiger partial charge on any atom is 2.00 e. The molecule has 2 aromatic carbocycles. The first-order valence-electron chi connectivity index (χ1n) is 6.00. The van der Waals surface area contributed by atoms with Crippen molar-refractivity contribution >= 4 is 11.9 Å². The zero-order valence-electron chi connectivity index (χ0n) is 10.8. The first-order chi connectivity index (χ1) is 9.36. The molecule has 102 valence electrons. The van der Waals surface area contributed by atoms with E-state index in [1.54, 1.807) is 18.2 Å². The summed E-state index contributed by atoms with van der Waals surface area (Å²) < 4.78 is 4.96. The Morgan fingerprint density at radius 1 is 1.10 bits per heavy atom. The first-order valence-corrected chi connectivity index (χ1v) is 6.00. The van der Waals surface area contributed by atoms with Crippen molar-refractivity contribution in [1.82, 2.24) is 0 Å². The zero-order chi connectivity index (χ0) is 13.3. The molecule has 0 radical (unpaired) electrons. The molecule has 0 fully saturated rings. The summed E-state index contributed by atoms with van der Waals surface area (Å²) in [6, 6.07) is 21.1. The molecule has 0 saturated heterocycles. The number of carbonyl (C=O) groups excluding carboxylic acids is 1.